The summed E-state index contributed by atoms with van der Waals surface area (Å²) in [6, 6.07) is 5.66. The number of furan rings is 2. The van der Waals surface area contributed by atoms with E-state index >= 15 is 0 Å². The predicted molar refractivity (Wildman–Crippen MR) is 68.7 cm³/mol. The van der Waals surface area contributed by atoms with Gasteiger partial charge in [-0.3, -0.25) is 0 Å². The molecule has 102 valence electrons. The van der Waals surface area contributed by atoms with Crippen LogP contribution in [0.3, 0.4) is 0 Å². The van der Waals surface area contributed by atoms with Crippen molar-refractivity contribution in [1.29, 1.82) is 0 Å². The Morgan fingerprint density at radius 1 is 1.42 bits per heavy atom. The number of hydrogen-bond donors (Lipinski definition) is 1. The molecule has 0 saturated carbocycles. The van der Waals surface area contributed by atoms with Gasteiger partial charge >= 0.3 is 5.97 Å². The molecule has 1 atom stereocenters. The standard InChI is InChI=1S/C14H17NO4/c1-9-4-5-12(19-9)10(2)15-8-11-6-7-18-13(11)14(16)17-3/h4-7,10,15H,8H2,1-3H3. The number of ether oxygens (including phenoxy) is 1. The molecular weight excluding hydrogens is 246 g/mol. The molecule has 0 fully saturated rings. The van der Waals surface area contributed by atoms with Crippen molar-refractivity contribution in [2.24, 2.45) is 0 Å². The van der Waals surface area contributed by atoms with Gasteiger partial charge in [-0.15, -0.1) is 0 Å². The third-order valence-corrected chi connectivity index (χ3v) is 2.90. The third-order valence-electron chi connectivity index (χ3n) is 2.90. The van der Waals surface area contributed by atoms with Gasteiger partial charge in [0.15, 0.2) is 0 Å². The fraction of sp³-hybridized carbons (Fsp3) is 0.357. The number of hydrogen-bond acceptors (Lipinski definition) is 5. The molecule has 0 aliphatic rings. The van der Waals surface area contributed by atoms with Crippen LogP contribution in [0.2, 0.25) is 0 Å². The molecule has 2 aromatic heterocycles. The zero-order valence-electron chi connectivity index (χ0n) is 11.2. The number of nitrogens with one attached hydrogen (secondary N) is 1. The molecule has 0 aromatic carbocycles. The summed E-state index contributed by atoms with van der Waals surface area (Å²) in [5.41, 5.74) is 0.766. The minimum Gasteiger partial charge on any atom is -0.465 e. The zero-order chi connectivity index (χ0) is 13.8. The third kappa shape index (κ3) is 3.06. The Hall–Kier alpha value is -2.01. The van der Waals surface area contributed by atoms with Gasteiger partial charge in [0.1, 0.15) is 11.5 Å². The molecule has 0 amide bonds. The fourth-order valence-electron chi connectivity index (χ4n) is 1.80. The Morgan fingerprint density at radius 3 is 2.84 bits per heavy atom. The molecule has 1 N–H and O–H groups in total. The van der Waals surface area contributed by atoms with Crippen molar-refractivity contribution >= 4 is 5.97 Å². The Kier molecular flexibility index (Phi) is 4.06. The average molecular weight is 263 g/mol. The summed E-state index contributed by atoms with van der Waals surface area (Å²) in [4.78, 5) is 11.5. The molecule has 2 heterocycles. The zero-order valence-corrected chi connectivity index (χ0v) is 11.2. The lowest BCUT2D eigenvalue weighted by Gasteiger charge is -2.10. The van der Waals surface area contributed by atoms with E-state index in [1.54, 1.807) is 6.07 Å². The van der Waals surface area contributed by atoms with E-state index in [1.165, 1.54) is 13.4 Å². The lowest BCUT2D eigenvalue weighted by molar-refractivity contribution is 0.0563. The molecule has 1 unspecified atom stereocenters. The Bertz CT molecular complexity index is 555. The molecule has 0 radical (unpaired) electrons. The maximum atomic E-state index is 11.5. The highest BCUT2D eigenvalue weighted by Gasteiger charge is 2.17. The highest BCUT2D eigenvalue weighted by molar-refractivity contribution is 5.87. The summed E-state index contributed by atoms with van der Waals surface area (Å²) in [6.07, 6.45) is 1.48. The van der Waals surface area contributed by atoms with E-state index in [9.17, 15) is 4.79 Å². The quantitative estimate of drug-likeness (QED) is 0.840. The second kappa shape index (κ2) is 5.75. The first-order valence-electron chi connectivity index (χ1n) is 6.06. The monoisotopic (exact) mass is 263 g/mol. The molecular formula is C14H17NO4. The molecule has 0 bridgehead atoms. The van der Waals surface area contributed by atoms with Gasteiger partial charge < -0.3 is 18.9 Å². The Balaban J connectivity index is 1.99. The predicted octanol–water partition coefficient (Wildman–Crippen LogP) is 2.82. The van der Waals surface area contributed by atoms with Crippen molar-refractivity contribution < 1.29 is 18.4 Å². The van der Waals surface area contributed by atoms with Crippen LogP contribution in [-0.2, 0) is 11.3 Å². The van der Waals surface area contributed by atoms with Gasteiger partial charge in [-0.2, -0.15) is 0 Å². The van der Waals surface area contributed by atoms with Crippen molar-refractivity contribution in [3.05, 3.63) is 47.3 Å². The van der Waals surface area contributed by atoms with Gasteiger partial charge in [-0.05, 0) is 32.0 Å². The lowest BCUT2D eigenvalue weighted by Crippen LogP contribution is -2.18. The van der Waals surface area contributed by atoms with Crippen LogP contribution >= 0.6 is 0 Å². The minimum absolute atomic E-state index is 0.0501. The summed E-state index contributed by atoms with van der Waals surface area (Å²) in [6.45, 7) is 4.40. The average Bonchev–Trinajstić information content (AvgIpc) is 3.03. The topological polar surface area (TPSA) is 64.6 Å². The highest BCUT2D eigenvalue weighted by Crippen LogP contribution is 2.17. The molecule has 2 rings (SSSR count). The van der Waals surface area contributed by atoms with Crippen molar-refractivity contribution in [2.75, 3.05) is 7.11 Å². The van der Waals surface area contributed by atoms with Crippen molar-refractivity contribution in [1.82, 2.24) is 5.32 Å². The highest BCUT2D eigenvalue weighted by atomic mass is 16.5. The second-order valence-electron chi connectivity index (χ2n) is 4.32. The fourth-order valence-corrected chi connectivity index (χ4v) is 1.80. The maximum Gasteiger partial charge on any atom is 0.374 e. The van der Waals surface area contributed by atoms with E-state index in [-0.39, 0.29) is 11.8 Å². The van der Waals surface area contributed by atoms with Crippen LogP contribution < -0.4 is 5.32 Å². The summed E-state index contributed by atoms with van der Waals surface area (Å²) in [7, 11) is 1.33. The summed E-state index contributed by atoms with van der Waals surface area (Å²) in [5, 5.41) is 3.27. The van der Waals surface area contributed by atoms with E-state index in [4.69, 9.17) is 8.83 Å². The van der Waals surface area contributed by atoms with Gasteiger partial charge in [0.05, 0.1) is 19.4 Å². The Morgan fingerprint density at radius 2 is 2.21 bits per heavy atom. The first-order chi connectivity index (χ1) is 9.11. The number of esters is 1. The van der Waals surface area contributed by atoms with Crippen LogP contribution in [0.4, 0.5) is 0 Å². The summed E-state index contributed by atoms with van der Waals surface area (Å²) < 4.78 is 15.3. The van der Waals surface area contributed by atoms with Crippen LogP contribution in [0.15, 0.2) is 33.3 Å². The van der Waals surface area contributed by atoms with E-state index in [1.807, 2.05) is 26.0 Å². The van der Waals surface area contributed by atoms with Gasteiger partial charge in [0, 0.05) is 12.1 Å². The van der Waals surface area contributed by atoms with Crippen LogP contribution in [0.25, 0.3) is 0 Å². The van der Waals surface area contributed by atoms with Gasteiger partial charge in [-0.25, -0.2) is 4.79 Å². The first kappa shape index (κ1) is 13.4. The molecule has 0 aliphatic carbocycles. The molecule has 5 nitrogen and oxygen atoms in total. The number of rotatable bonds is 5. The molecule has 19 heavy (non-hydrogen) atoms. The second-order valence-corrected chi connectivity index (χ2v) is 4.32. The minimum atomic E-state index is -0.469. The molecule has 0 aliphatic heterocycles. The smallest absolute Gasteiger partial charge is 0.374 e. The lowest BCUT2D eigenvalue weighted by atomic mass is 10.2. The number of carbonyl (C=O) groups is 1. The van der Waals surface area contributed by atoms with E-state index in [2.05, 4.69) is 10.1 Å². The summed E-state index contributed by atoms with van der Waals surface area (Å²) in [5.74, 6) is 1.50. The van der Waals surface area contributed by atoms with Crippen LogP contribution in [0, 0.1) is 6.92 Å². The van der Waals surface area contributed by atoms with Crippen molar-refractivity contribution in [3.63, 3.8) is 0 Å². The number of methoxy groups -OCH3 is 1. The van der Waals surface area contributed by atoms with Crippen LogP contribution in [0.1, 0.15) is 40.6 Å². The molecule has 2 aromatic rings. The Labute approximate surface area is 111 Å². The van der Waals surface area contributed by atoms with Crippen LogP contribution in [-0.4, -0.2) is 13.1 Å². The molecule has 0 spiro atoms. The van der Waals surface area contributed by atoms with E-state index < -0.39 is 5.97 Å². The maximum absolute atomic E-state index is 11.5. The van der Waals surface area contributed by atoms with Gasteiger partial charge in [0.2, 0.25) is 5.76 Å². The van der Waals surface area contributed by atoms with Gasteiger partial charge in [-0.1, -0.05) is 0 Å². The number of carbonyl (C=O) groups excluding carboxylic acids is 1. The normalized spacial score (nSPS) is 12.4. The van der Waals surface area contributed by atoms with Crippen molar-refractivity contribution in [2.45, 2.75) is 26.4 Å². The molecule has 5 heteroatoms. The van der Waals surface area contributed by atoms with Gasteiger partial charge in [0.25, 0.3) is 0 Å². The molecule has 0 saturated heterocycles. The van der Waals surface area contributed by atoms with E-state index in [0.29, 0.717) is 6.54 Å². The largest absolute Gasteiger partial charge is 0.465 e. The number of aryl methyl sites for hydroxylation is 1. The van der Waals surface area contributed by atoms with E-state index in [0.717, 1.165) is 17.1 Å². The van der Waals surface area contributed by atoms with Crippen molar-refractivity contribution in [3.8, 4) is 0 Å². The first-order valence-corrected chi connectivity index (χ1v) is 6.06. The SMILES string of the molecule is COC(=O)c1occc1CNC(C)c1ccc(C)o1. The summed E-state index contributed by atoms with van der Waals surface area (Å²) >= 11 is 0. The van der Waals surface area contributed by atoms with Crippen LogP contribution in [0.5, 0.6) is 0 Å².